The van der Waals surface area contributed by atoms with Gasteiger partial charge < -0.3 is 10.6 Å². The van der Waals surface area contributed by atoms with Gasteiger partial charge >= 0.3 is 0 Å². The highest BCUT2D eigenvalue weighted by Gasteiger charge is 2.19. The first kappa shape index (κ1) is 17.7. The summed E-state index contributed by atoms with van der Waals surface area (Å²) in [4.78, 5) is 9.30. The summed E-state index contributed by atoms with van der Waals surface area (Å²) < 4.78 is 0. The van der Waals surface area contributed by atoms with E-state index in [0.29, 0.717) is 6.04 Å². The summed E-state index contributed by atoms with van der Waals surface area (Å²) >= 11 is 0. The second-order valence-electron chi connectivity index (χ2n) is 6.73. The molecule has 4 heteroatoms. The maximum absolute atomic E-state index is 4.72. The third-order valence-corrected chi connectivity index (χ3v) is 3.55. The van der Waals surface area contributed by atoms with E-state index in [1.165, 1.54) is 32.1 Å². The van der Waals surface area contributed by atoms with E-state index in [4.69, 9.17) is 4.98 Å². The van der Waals surface area contributed by atoms with Crippen molar-refractivity contribution in [3.63, 3.8) is 0 Å². The smallest absolute Gasteiger partial charge is 0.138 e. The predicted molar refractivity (Wildman–Crippen MR) is 92.1 cm³/mol. The van der Waals surface area contributed by atoms with E-state index in [1.54, 1.807) is 0 Å². The Kier molecular flexibility index (Phi) is 6.93. The first-order valence-electron chi connectivity index (χ1n) is 8.24. The molecular formula is C17H32N4. The van der Waals surface area contributed by atoms with Crippen molar-refractivity contribution in [1.82, 2.24) is 9.97 Å². The molecule has 120 valence electrons. The highest BCUT2D eigenvalue weighted by molar-refractivity contribution is 5.48. The van der Waals surface area contributed by atoms with Gasteiger partial charge in [0.05, 0.1) is 0 Å². The summed E-state index contributed by atoms with van der Waals surface area (Å²) in [5, 5.41) is 6.75. The molecular weight excluding hydrogens is 260 g/mol. The van der Waals surface area contributed by atoms with E-state index in [0.717, 1.165) is 17.5 Å². The van der Waals surface area contributed by atoms with Crippen LogP contribution in [0.25, 0.3) is 0 Å². The molecule has 1 rings (SSSR count). The average Bonchev–Trinajstić information content (AvgIpc) is 2.43. The van der Waals surface area contributed by atoms with Crippen molar-refractivity contribution >= 4 is 11.6 Å². The lowest BCUT2D eigenvalue weighted by molar-refractivity contribution is 0.540. The molecule has 1 unspecified atom stereocenters. The largest absolute Gasteiger partial charge is 0.373 e. The van der Waals surface area contributed by atoms with Crippen LogP contribution in [0.15, 0.2) is 6.07 Å². The van der Waals surface area contributed by atoms with Gasteiger partial charge in [0.25, 0.3) is 0 Å². The van der Waals surface area contributed by atoms with E-state index in [-0.39, 0.29) is 5.41 Å². The van der Waals surface area contributed by atoms with Gasteiger partial charge in [0.1, 0.15) is 17.5 Å². The van der Waals surface area contributed by atoms with Crippen LogP contribution in [0.2, 0.25) is 0 Å². The van der Waals surface area contributed by atoms with E-state index in [2.05, 4.69) is 50.2 Å². The standard InChI is InChI=1S/C17H32N4/c1-7-9-11-13(10-8-2)19-15-12-14(18-6)20-16(21-15)17(3,4)5/h12-13H,7-11H2,1-6H3,(H2,18,19,20,21). The SMILES string of the molecule is CCCCC(CCC)Nc1cc(NC)nc(C(C)(C)C)n1. The fourth-order valence-corrected chi connectivity index (χ4v) is 2.28. The fraction of sp³-hybridized carbons (Fsp3) is 0.765. The van der Waals surface area contributed by atoms with Gasteiger partial charge in [-0.25, -0.2) is 9.97 Å². The normalized spacial score (nSPS) is 13.0. The fourth-order valence-electron chi connectivity index (χ4n) is 2.28. The topological polar surface area (TPSA) is 49.8 Å². The van der Waals surface area contributed by atoms with E-state index in [9.17, 15) is 0 Å². The minimum absolute atomic E-state index is 0.0486. The van der Waals surface area contributed by atoms with Crippen molar-refractivity contribution in [3.05, 3.63) is 11.9 Å². The lowest BCUT2D eigenvalue weighted by Crippen LogP contribution is -2.23. The molecule has 4 nitrogen and oxygen atoms in total. The molecule has 0 saturated heterocycles. The van der Waals surface area contributed by atoms with Crippen LogP contribution in [0.1, 0.15) is 72.5 Å². The maximum atomic E-state index is 4.72. The van der Waals surface area contributed by atoms with Crippen molar-refractivity contribution in [3.8, 4) is 0 Å². The van der Waals surface area contributed by atoms with Gasteiger partial charge in [-0.3, -0.25) is 0 Å². The van der Waals surface area contributed by atoms with Crippen molar-refractivity contribution < 1.29 is 0 Å². The number of anilines is 2. The molecule has 1 aromatic rings. The lowest BCUT2D eigenvalue weighted by atomic mass is 9.95. The van der Waals surface area contributed by atoms with Gasteiger partial charge in [0.15, 0.2) is 0 Å². The molecule has 2 N–H and O–H groups in total. The number of rotatable bonds is 8. The summed E-state index contributed by atoms with van der Waals surface area (Å²) in [6.45, 7) is 10.9. The third kappa shape index (κ3) is 5.90. The van der Waals surface area contributed by atoms with Crippen LogP contribution in [0.3, 0.4) is 0 Å². The van der Waals surface area contributed by atoms with Crippen molar-refractivity contribution in [2.45, 2.75) is 78.2 Å². The molecule has 1 heterocycles. The summed E-state index contributed by atoms with van der Waals surface area (Å²) in [7, 11) is 1.90. The number of hydrogen-bond donors (Lipinski definition) is 2. The molecule has 0 spiro atoms. The van der Waals surface area contributed by atoms with Crippen LogP contribution in [0, 0.1) is 0 Å². The summed E-state index contributed by atoms with van der Waals surface area (Å²) in [6, 6.07) is 2.51. The Morgan fingerprint density at radius 2 is 1.71 bits per heavy atom. The molecule has 0 aliphatic carbocycles. The first-order chi connectivity index (χ1) is 9.90. The van der Waals surface area contributed by atoms with Crippen LogP contribution in [0.4, 0.5) is 11.6 Å². The van der Waals surface area contributed by atoms with Crippen LogP contribution in [-0.4, -0.2) is 23.1 Å². The Morgan fingerprint density at radius 3 is 2.24 bits per heavy atom. The monoisotopic (exact) mass is 292 g/mol. The molecule has 0 aromatic carbocycles. The van der Waals surface area contributed by atoms with E-state index in [1.807, 2.05) is 13.1 Å². The highest BCUT2D eigenvalue weighted by atomic mass is 15.1. The van der Waals surface area contributed by atoms with Gasteiger partial charge in [-0.2, -0.15) is 0 Å². The Hall–Kier alpha value is -1.32. The van der Waals surface area contributed by atoms with Crippen LogP contribution in [0.5, 0.6) is 0 Å². The molecule has 21 heavy (non-hydrogen) atoms. The lowest BCUT2D eigenvalue weighted by Gasteiger charge is -2.22. The van der Waals surface area contributed by atoms with Gasteiger partial charge in [-0.15, -0.1) is 0 Å². The van der Waals surface area contributed by atoms with Crippen molar-refractivity contribution in [2.75, 3.05) is 17.7 Å². The van der Waals surface area contributed by atoms with Crippen molar-refractivity contribution in [1.29, 1.82) is 0 Å². The average molecular weight is 292 g/mol. The minimum atomic E-state index is -0.0486. The predicted octanol–water partition coefficient (Wildman–Crippen LogP) is 4.59. The highest BCUT2D eigenvalue weighted by Crippen LogP contribution is 2.23. The van der Waals surface area contributed by atoms with Gasteiger partial charge in [-0.1, -0.05) is 53.9 Å². The second kappa shape index (κ2) is 8.20. The molecule has 0 fully saturated rings. The minimum Gasteiger partial charge on any atom is -0.373 e. The molecule has 0 bridgehead atoms. The van der Waals surface area contributed by atoms with Crippen LogP contribution >= 0.6 is 0 Å². The molecule has 0 saturated carbocycles. The Labute approximate surface area is 130 Å². The summed E-state index contributed by atoms with van der Waals surface area (Å²) in [5.41, 5.74) is -0.0486. The van der Waals surface area contributed by atoms with Crippen LogP contribution < -0.4 is 10.6 Å². The van der Waals surface area contributed by atoms with Gasteiger partial charge in [0.2, 0.25) is 0 Å². The first-order valence-corrected chi connectivity index (χ1v) is 8.24. The zero-order chi connectivity index (χ0) is 15.9. The molecule has 1 atom stereocenters. The second-order valence-corrected chi connectivity index (χ2v) is 6.73. The van der Waals surface area contributed by atoms with Gasteiger partial charge in [0, 0.05) is 24.6 Å². The van der Waals surface area contributed by atoms with E-state index < -0.39 is 0 Å². The molecule has 1 aromatic heterocycles. The van der Waals surface area contributed by atoms with Crippen molar-refractivity contribution in [2.24, 2.45) is 0 Å². The Bertz CT molecular complexity index is 423. The van der Waals surface area contributed by atoms with Crippen LogP contribution in [-0.2, 0) is 5.41 Å². The molecule has 0 amide bonds. The quantitative estimate of drug-likeness (QED) is 0.736. The van der Waals surface area contributed by atoms with Gasteiger partial charge in [-0.05, 0) is 12.8 Å². The Morgan fingerprint density at radius 1 is 1.05 bits per heavy atom. The number of aromatic nitrogens is 2. The Balaban J connectivity index is 2.94. The number of hydrogen-bond acceptors (Lipinski definition) is 4. The summed E-state index contributed by atoms with van der Waals surface area (Å²) in [6.07, 6.45) is 6.07. The summed E-state index contributed by atoms with van der Waals surface area (Å²) in [5.74, 6) is 2.69. The molecule has 0 aliphatic rings. The molecule has 0 aliphatic heterocycles. The number of unbranched alkanes of at least 4 members (excludes halogenated alkanes) is 1. The molecule has 0 radical (unpaired) electrons. The van der Waals surface area contributed by atoms with E-state index >= 15 is 0 Å². The zero-order valence-electron chi connectivity index (χ0n) is 14.6. The number of nitrogens with zero attached hydrogens (tertiary/aromatic N) is 2. The number of nitrogens with one attached hydrogen (secondary N) is 2. The zero-order valence-corrected chi connectivity index (χ0v) is 14.6. The maximum Gasteiger partial charge on any atom is 0.138 e. The third-order valence-electron chi connectivity index (χ3n) is 3.55.